The Morgan fingerprint density at radius 2 is 2.11 bits per heavy atom. The quantitative estimate of drug-likeness (QED) is 0.556. The van der Waals surface area contributed by atoms with E-state index in [0.717, 1.165) is 11.3 Å². The van der Waals surface area contributed by atoms with Crippen LogP contribution in [-0.4, -0.2) is 0 Å². The van der Waals surface area contributed by atoms with Crippen LogP contribution in [0.5, 0.6) is 5.75 Å². The van der Waals surface area contributed by atoms with E-state index < -0.39 is 0 Å². The van der Waals surface area contributed by atoms with E-state index in [2.05, 4.69) is 0 Å². The Morgan fingerprint density at radius 1 is 1.33 bits per heavy atom. The summed E-state index contributed by atoms with van der Waals surface area (Å²) in [6.45, 7) is 0. The number of rotatable bonds is 0. The van der Waals surface area contributed by atoms with Gasteiger partial charge in [0.15, 0.2) is 6.23 Å². The van der Waals surface area contributed by atoms with Crippen LogP contribution in [0.3, 0.4) is 0 Å². The lowest BCUT2D eigenvalue weighted by Gasteiger charge is -2.26. The van der Waals surface area contributed by atoms with Gasteiger partial charge in [0, 0.05) is 5.56 Å². The van der Waals surface area contributed by atoms with Crippen molar-refractivity contribution in [2.75, 3.05) is 0 Å². The molecule has 0 aromatic heterocycles. The zero-order valence-electron chi connectivity index (χ0n) is 4.87. The maximum atomic E-state index is 5.47. The molecule has 2 heteroatoms. The monoisotopic (exact) mass is 121 g/mol. The van der Waals surface area contributed by atoms with Crippen LogP contribution in [0.25, 0.3) is 0 Å². The van der Waals surface area contributed by atoms with Crippen LogP contribution < -0.4 is 10.5 Å². The molecule has 2 N–H and O–H groups in total. The molecule has 2 nitrogen and oxygen atoms in total. The fourth-order valence-corrected chi connectivity index (χ4v) is 0.965. The highest BCUT2D eigenvalue weighted by molar-refractivity contribution is 5.40. The van der Waals surface area contributed by atoms with Gasteiger partial charge in [0.2, 0.25) is 0 Å². The standard InChI is InChI=1S/C7H7NO/c8-7-5-3-1-2-4-6(5)9-7/h1-4,7H,8H2. The van der Waals surface area contributed by atoms with E-state index in [1.807, 2.05) is 24.3 Å². The summed E-state index contributed by atoms with van der Waals surface area (Å²) in [4.78, 5) is 0. The van der Waals surface area contributed by atoms with E-state index >= 15 is 0 Å². The van der Waals surface area contributed by atoms with E-state index in [1.54, 1.807) is 0 Å². The van der Waals surface area contributed by atoms with Crippen LogP contribution in [0.15, 0.2) is 24.3 Å². The van der Waals surface area contributed by atoms with Gasteiger partial charge >= 0.3 is 0 Å². The van der Waals surface area contributed by atoms with Gasteiger partial charge in [-0.05, 0) is 6.07 Å². The highest BCUT2D eigenvalue weighted by atomic mass is 16.5. The number of benzene rings is 1. The van der Waals surface area contributed by atoms with Crippen LogP contribution >= 0.6 is 0 Å². The van der Waals surface area contributed by atoms with Gasteiger partial charge < -0.3 is 4.74 Å². The van der Waals surface area contributed by atoms with Crippen molar-refractivity contribution in [2.24, 2.45) is 5.73 Å². The molecular formula is C7H7NO. The lowest BCUT2D eigenvalue weighted by molar-refractivity contribution is 0.154. The molecule has 1 aliphatic rings. The Hall–Kier alpha value is -1.02. The van der Waals surface area contributed by atoms with Gasteiger partial charge in [-0.15, -0.1) is 0 Å². The molecule has 1 unspecified atom stereocenters. The second kappa shape index (κ2) is 1.48. The SMILES string of the molecule is NC1Oc2ccccc21. The van der Waals surface area contributed by atoms with Gasteiger partial charge in [0.05, 0.1) is 0 Å². The van der Waals surface area contributed by atoms with E-state index in [-0.39, 0.29) is 6.23 Å². The molecule has 0 amide bonds. The summed E-state index contributed by atoms with van der Waals surface area (Å²) in [7, 11) is 0. The molecule has 1 aliphatic heterocycles. The van der Waals surface area contributed by atoms with Gasteiger partial charge in [-0.1, -0.05) is 18.2 Å². The topological polar surface area (TPSA) is 35.2 Å². The normalized spacial score (nSPS) is 21.7. The summed E-state index contributed by atoms with van der Waals surface area (Å²) in [5.41, 5.74) is 6.58. The van der Waals surface area contributed by atoms with Crippen LogP contribution in [-0.2, 0) is 0 Å². The van der Waals surface area contributed by atoms with Crippen LogP contribution in [0.2, 0.25) is 0 Å². The van der Waals surface area contributed by atoms with Crippen molar-refractivity contribution in [3.05, 3.63) is 29.8 Å². The van der Waals surface area contributed by atoms with Crippen molar-refractivity contribution >= 4 is 0 Å². The highest BCUT2D eigenvalue weighted by Crippen LogP contribution is 2.34. The van der Waals surface area contributed by atoms with E-state index in [0.29, 0.717) is 0 Å². The molecular weight excluding hydrogens is 114 g/mol. The van der Waals surface area contributed by atoms with Crippen molar-refractivity contribution < 1.29 is 4.74 Å². The summed E-state index contributed by atoms with van der Waals surface area (Å²) in [5.74, 6) is 0.921. The van der Waals surface area contributed by atoms with Gasteiger partial charge in [-0.2, -0.15) is 0 Å². The third kappa shape index (κ3) is 0.535. The number of fused-ring (bicyclic) bond motifs is 1. The first-order chi connectivity index (χ1) is 4.38. The highest BCUT2D eigenvalue weighted by Gasteiger charge is 2.22. The second-order valence-electron chi connectivity index (χ2n) is 2.08. The first-order valence-electron chi connectivity index (χ1n) is 2.89. The number of nitrogens with two attached hydrogens (primary N) is 1. The van der Waals surface area contributed by atoms with Crippen LogP contribution in [0, 0.1) is 0 Å². The average molecular weight is 121 g/mol. The molecule has 1 atom stereocenters. The molecule has 0 spiro atoms. The molecule has 0 saturated heterocycles. The molecule has 2 rings (SSSR count). The summed E-state index contributed by atoms with van der Waals surface area (Å²) < 4.78 is 5.06. The van der Waals surface area contributed by atoms with Crippen molar-refractivity contribution in [3.8, 4) is 5.75 Å². The van der Waals surface area contributed by atoms with E-state index in [1.165, 1.54) is 0 Å². The minimum atomic E-state index is -0.179. The first kappa shape index (κ1) is 4.82. The Balaban J connectivity index is 2.51. The van der Waals surface area contributed by atoms with Gasteiger partial charge in [0.25, 0.3) is 0 Å². The number of hydrogen-bond acceptors (Lipinski definition) is 2. The molecule has 1 heterocycles. The maximum absolute atomic E-state index is 5.47. The fourth-order valence-electron chi connectivity index (χ4n) is 0.965. The van der Waals surface area contributed by atoms with Crippen molar-refractivity contribution in [3.63, 3.8) is 0 Å². The van der Waals surface area contributed by atoms with Gasteiger partial charge in [0.1, 0.15) is 5.75 Å². The third-order valence-corrected chi connectivity index (χ3v) is 1.48. The zero-order chi connectivity index (χ0) is 6.27. The van der Waals surface area contributed by atoms with Crippen molar-refractivity contribution in [2.45, 2.75) is 6.23 Å². The number of ether oxygens (including phenoxy) is 1. The Kier molecular flexibility index (Phi) is 0.794. The summed E-state index contributed by atoms with van der Waals surface area (Å²) in [6, 6.07) is 7.79. The average Bonchev–Trinajstić information content (AvgIpc) is 1.86. The number of hydrogen-bond donors (Lipinski definition) is 1. The van der Waals surface area contributed by atoms with Crippen LogP contribution in [0.1, 0.15) is 11.8 Å². The predicted molar refractivity (Wildman–Crippen MR) is 34.0 cm³/mol. The van der Waals surface area contributed by atoms with E-state index in [4.69, 9.17) is 10.5 Å². The lowest BCUT2D eigenvalue weighted by atomic mass is 10.1. The predicted octanol–water partition coefficient (Wildman–Crippen LogP) is 1.04. The molecule has 0 saturated carbocycles. The molecule has 0 aliphatic carbocycles. The Bertz CT molecular complexity index is 234. The van der Waals surface area contributed by atoms with Gasteiger partial charge in [-0.3, -0.25) is 5.73 Å². The number of para-hydroxylation sites is 1. The molecule has 0 fully saturated rings. The van der Waals surface area contributed by atoms with Gasteiger partial charge in [-0.25, -0.2) is 0 Å². The largest absolute Gasteiger partial charge is 0.471 e. The van der Waals surface area contributed by atoms with Crippen molar-refractivity contribution in [1.82, 2.24) is 0 Å². The molecule has 0 radical (unpaired) electrons. The molecule has 1 aromatic carbocycles. The Morgan fingerprint density at radius 3 is 2.67 bits per heavy atom. The lowest BCUT2D eigenvalue weighted by Crippen LogP contribution is -2.26. The first-order valence-corrected chi connectivity index (χ1v) is 2.89. The summed E-state index contributed by atoms with van der Waals surface area (Å²) in [6.07, 6.45) is -0.179. The maximum Gasteiger partial charge on any atom is 0.177 e. The third-order valence-electron chi connectivity index (χ3n) is 1.48. The molecule has 1 aromatic rings. The zero-order valence-corrected chi connectivity index (χ0v) is 4.87. The van der Waals surface area contributed by atoms with Crippen LogP contribution in [0.4, 0.5) is 0 Å². The smallest absolute Gasteiger partial charge is 0.177 e. The summed E-state index contributed by atoms with van der Waals surface area (Å²) >= 11 is 0. The minimum absolute atomic E-state index is 0.179. The molecule has 9 heavy (non-hydrogen) atoms. The molecule has 0 bridgehead atoms. The Labute approximate surface area is 53.2 Å². The fraction of sp³-hybridized carbons (Fsp3) is 0.143. The van der Waals surface area contributed by atoms with Crippen molar-refractivity contribution in [1.29, 1.82) is 0 Å². The summed E-state index contributed by atoms with van der Waals surface area (Å²) in [5, 5.41) is 0. The van der Waals surface area contributed by atoms with E-state index in [9.17, 15) is 0 Å². The second-order valence-corrected chi connectivity index (χ2v) is 2.08. The minimum Gasteiger partial charge on any atom is -0.471 e. The molecule has 46 valence electrons.